The molecule has 0 amide bonds. The van der Waals surface area contributed by atoms with Gasteiger partial charge in [-0.15, -0.1) is 24.0 Å². The molecule has 1 fully saturated rings. The third kappa shape index (κ3) is 8.13. The summed E-state index contributed by atoms with van der Waals surface area (Å²) < 4.78 is 5.08. The van der Waals surface area contributed by atoms with Crippen LogP contribution >= 0.6 is 24.0 Å². The number of aliphatic imine (C=N–C) groups is 1. The van der Waals surface area contributed by atoms with Crippen molar-refractivity contribution in [1.82, 2.24) is 15.5 Å². The largest absolute Gasteiger partial charge is 0.504 e. The Balaban J connectivity index is 0.00000364. The van der Waals surface area contributed by atoms with Gasteiger partial charge in [-0.1, -0.05) is 19.9 Å². The quantitative estimate of drug-likeness (QED) is 0.311. The van der Waals surface area contributed by atoms with Crippen LogP contribution in [0.2, 0.25) is 0 Å². The summed E-state index contributed by atoms with van der Waals surface area (Å²) in [5.74, 6) is 2.19. The second-order valence-electron chi connectivity index (χ2n) is 7.31. The Kier molecular flexibility index (Phi) is 10.8. The number of aromatic hydroxyl groups is 1. The number of hydrogen-bond donors (Lipinski definition) is 3. The number of phenols is 1. The second kappa shape index (κ2) is 12.3. The van der Waals surface area contributed by atoms with E-state index in [0.717, 1.165) is 49.9 Å². The molecule has 27 heavy (non-hydrogen) atoms. The summed E-state index contributed by atoms with van der Waals surface area (Å²) >= 11 is 0. The monoisotopic (exact) mass is 490 g/mol. The molecule has 1 aromatic carbocycles. The van der Waals surface area contributed by atoms with Crippen LogP contribution in [0.1, 0.15) is 39.2 Å². The number of benzene rings is 1. The first-order valence-corrected chi connectivity index (χ1v) is 9.64. The summed E-state index contributed by atoms with van der Waals surface area (Å²) in [5.41, 5.74) is 0.951. The molecule has 0 unspecified atom stereocenters. The van der Waals surface area contributed by atoms with Gasteiger partial charge in [-0.05, 0) is 43.4 Å². The summed E-state index contributed by atoms with van der Waals surface area (Å²) in [5, 5.41) is 16.8. The standard InChI is InChI=1S/C20H34N4O2.HI/c1-5-21-20(22-13-16-6-7-19(26-4)18(25)12-16)23-17-8-10-24(11-9-17)14-15(2)3;/h6-7,12,15,17,25H,5,8-11,13-14H2,1-4H3,(H2,21,22,23);1H. The van der Waals surface area contributed by atoms with Gasteiger partial charge in [0.25, 0.3) is 0 Å². The molecule has 1 aromatic rings. The fourth-order valence-electron chi connectivity index (χ4n) is 3.29. The number of ether oxygens (including phenoxy) is 1. The third-order valence-corrected chi connectivity index (χ3v) is 4.56. The molecule has 154 valence electrons. The van der Waals surface area contributed by atoms with Gasteiger partial charge in [0.2, 0.25) is 0 Å². The summed E-state index contributed by atoms with van der Waals surface area (Å²) in [4.78, 5) is 7.22. The predicted octanol–water partition coefficient (Wildman–Crippen LogP) is 3.19. The van der Waals surface area contributed by atoms with E-state index in [0.29, 0.717) is 18.3 Å². The number of methoxy groups -OCH3 is 1. The molecule has 0 aliphatic carbocycles. The number of rotatable bonds is 7. The Morgan fingerprint density at radius 2 is 2.04 bits per heavy atom. The Hall–Kier alpha value is -1.22. The smallest absolute Gasteiger partial charge is 0.191 e. The molecule has 1 saturated heterocycles. The van der Waals surface area contributed by atoms with Gasteiger partial charge >= 0.3 is 0 Å². The van der Waals surface area contributed by atoms with E-state index in [1.165, 1.54) is 6.54 Å². The highest BCUT2D eigenvalue weighted by molar-refractivity contribution is 14.0. The lowest BCUT2D eigenvalue weighted by molar-refractivity contribution is 0.187. The fourth-order valence-corrected chi connectivity index (χ4v) is 3.29. The van der Waals surface area contributed by atoms with Crippen LogP contribution in [0.4, 0.5) is 0 Å². The predicted molar refractivity (Wildman–Crippen MR) is 122 cm³/mol. The molecule has 6 nitrogen and oxygen atoms in total. The van der Waals surface area contributed by atoms with E-state index in [9.17, 15) is 5.11 Å². The molecule has 3 N–H and O–H groups in total. The zero-order valence-electron chi connectivity index (χ0n) is 17.0. The molecule has 0 bridgehead atoms. The van der Waals surface area contributed by atoms with Gasteiger partial charge in [-0.25, -0.2) is 4.99 Å². The number of nitrogens with zero attached hydrogens (tertiary/aromatic N) is 2. The molecule has 2 rings (SSSR count). The molecule has 0 saturated carbocycles. The average Bonchev–Trinajstić information content (AvgIpc) is 2.61. The molecule has 0 spiro atoms. The molecule has 0 aromatic heterocycles. The molecule has 1 aliphatic rings. The summed E-state index contributed by atoms with van der Waals surface area (Å²) in [6, 6.07) is 5.86. The first-order chi connectivity index (χ1) is 12.5. The van der Waals surface area contributed by atoms with E-state index in [-0.39, 0.29) is 29.7 Å². The first-order valence-electron chi connectivity index (χ1n) is 9.64. The zero-order chi connectivity index (χ0) is 18.9. The van der Waals surface area contributed by atoms with Crippen molar-refractivity contribution in [2.45, 2.75) is 46.2 Å². The highest BCUT2D eigenvalue weighted by Crippen LogP contribution is 2.26. The SMILES string of the molecule is CCNC(=NCc1ccc(OC)c(O)c1)NC1CCN(CC(C)C)CC1.I. The molecule has 1 aliphatic heterocycles. The van der Waals surface area contributed by atoms with E-state index >= 15 is 0 Å². The molecule has 7 heteroatoms. The minimum atomic E-state index is 0. The van der Waals surface area contributed by atoms with Gasteiger partial charge in [0.15, 0.2) is 17.5 Å². The highest BCUT2D eigenvalue weighted by atomic mass is 127. The van der Waals surface area contributed by atoms with Crippen LogP contribution < -0.4 is 15.4 Å². The Labute approximate surface area is 180 Å². The van der Waals surface area contributed by atoms with Crippen molar-refractivity contribution < 1.29 is 9.84 Å². The Morgan fingerprint density at radius 3 is 2.59 bits per heavy atom. The van der Waals surface area contributed by atoms with Gasteiger partial charge in [0.05, 0.1) is 13.7 Å². The molecule has 0 atom stereocenters. The maximum atomic E-state index is 9.90. The van der Waals surface area contributed by atoms with Crippen LogP contribution in [-0.2, 0) is 6.54 Å². The van der Waals surface area contributed by atoms with E-state index < -0.39 is 0 Å². The van der Waals surface area contributed by atoms with E-state index in [1.54, 1.807) is 19.2 Å². The van der Waals surface area contributed by atoms with Crippen LogP contribution in [0.5, 0.6) is 11.5 Å². The molecular weight excluding hydrogens is 455 g/mol. The van der Waals surface area contributed by atoms with Crippen molar-refractivity contribution in [3.8, 4) is 11.5 Å². The molecule has 0 radical (unpaired) electrons. The summed E-state index contributed by atoms with van der Waals surface area (Å²) in [7, 11) is 1.55. The normalized spacial score (nSPS) is 16.1. The minimum absolute atomic E-state index is 0. The van der Waals surface area contributed by atoms with Crippen molar-refractivity contribution in [3.05, 3.63) is 23.8 Å². The number of hydrogen-bond acceptors (Lipinski definition) is 4. The van der Waals surface area contributed by atoms with Crippen LogP contribution in [0.25, 0.3) is 0 Å². The van der Waals surface area contributed by atoms with Gasteiger partial charge in [-0.3, -0.25) is 0 Å². The first kappa shape index (κ1) is 23.8. The van der Waals surface area contributed by atoms with Crippen molar-refractivity contribution in [2.24, 2.45) is 10.9 Å². The lowest BCUT2D eigenvalue weighted by Gasteiger charge is -2.34. The van der Waals surface area contributed by atoms with Crippen molar-refractivity contribution in [3.63, 3.8) is 0 Å². The van der Waals surface area contributed by atoms with Gasteiger partial charge in [-0.2, -0.15) is 0 Å². The third-order valence-electron chi connectivity index (χ3n) is 4.56. The van der Waals surface area contributed by atoms with E-state index in [1.807, 2.05) is 6.07 Å². The summed E-state index contributed by atoms with van der Waals surface area (Å²) in [6.07, 6.45) is 2.28. The van der Waals surface area contributed by atoms with Crippen LogP contribution in [0.3, 0.4) is 0 Å². The average molecular weight is 490 g/mol. The second-order valence-corrected chi connectivity index (χ2v) is 7.31. The number of phenolic OH excluding ortho intramolecular Hbond substituents is 1. The van der Waals surface area contributed by atoms with Gasteiger partial charge < -0.3 is 25.4 Å². The van der Waals surface area contributed by atoms with Crippen LogP contribution in [0.15, 0.2) is 23.2 Å². The van der Waals surface area contributed by atoms with Crippen LogP contribution in [-0.4, -0.2) is 55.3 Å². The van der Waals surface area contributed by atoms with E-state index in [4.69, 9.17) is 4.74 Å². The van der Waals surface area contributed by atoms with Crippen LogP contribution in [0, 0.1) is 5.92 Å². The highest BCUT2D eigenvalue weighted by Gasteiger charge is 2.20. The van der Waals surface area contributed by atoms with E-state index in [2.05, 4.69) is 41.3 Å². The topological polar surface area (TPSA) is 69.1 Å². The van der Waals surface area contributed by atoms with Gasteiger partial charge in [0, 0.05) is 32.2 Å². The Bertz CT molecular complexity index is 587. The lowest BCUT2D eigenvalue weighted by Crippen LogP contribution is -2.49. The summed E-state index contributed by atoms with van der Waals surface area (Å²) in [6.45, 7) is 11.4. The maximum absolute atomic E-state index is 9.90. The number of halogens is 1. The molecular formula is C20H35IN4O2. The number of piperidine rings is 1. The lowest BCUT2D eigenvalue weighted by atomic mass is 10.0. The number of guanidine groups is 1. The zero-order valence-corrected chi connectivity index (χ0v) is 19.3. The minimum Gasteiger partial charge on any atom is -0.504 e. The fraction of sp³-hybridized carbons (Fsp3) is 0.650. The Morgan fingerprint density at radius 1 is 1.33 bits per heavy atom. The maximum Gasteiger partial charge on any atom is 0.191 e. The van der Waals surface area contributed by atoms with Gasteiger partial charge in [0.1, 0.15) is 0 Å². The van der Waals surface area contributed by atoms with Crippen molar-refractivity contribution in [2.75, 3.05) is 33.3 Å². The molecule has 1 heterocycles. The van der Waals surface area contributed by atoms with Crippen molar-refractivity contribution in [1.29, 1.82) is 0 Å². The number of likely N-dealkylation sites (tertiary alicyclic amines) is 1. The van der Waals surface area contributed by atoms with Crippen molar-refractivity contribution >= 4 is 29.9 Å². The number of nitrogens with one attached hydrogen (secondary N) is 2.